The number of aromatic nitrogens is 3. The molecule has 1 unspecified atom stereocenters. The van der Waals surface area contributed by atoms with Gasteiger partial charge in [-0.15, -0.1) is 5.10 Å². The highest BCUT2D eigenvalue weighted by Crippen LogP contribution is 2.26. The number of aromatic amines is 1. The zero-order valence-electron chi connectivity index (χ0n) is 12.1. The highest BCUT2D eigenvalue weighted by atomic mass is 32.2. The SMILES string of the molecule is NCC1CCCN(c2n[nH]c(CC3CCSCC3)n2)C1. The van der Waals surface area contributed by atoms with Gasteiger partial charge in [-0.05, 0) is 55.6 Å². The number of H-pyrrole nitrogens is 1. The average molecular weight is 295 g/mol. The average Bonchev–Trinajstić information content (AvgIpc) is 2.97. The lowest BCUT2D eigenvalue weighted by molar-refractivity contribution is 0.419. The molecule has 0 saturated carbocycles. The second-order valence-electron chi connectivity index (χ2n) is 6.03. The van der Waals surface area contributed by atoms with E-state index in [-0.39, 0.29) is 0 Å². The number of nitrogens with one attached hydrogen (secondary N) is 1. The van der Waals surface area contributed by atoms with Crippen molar-refractivity contribution >= 4 is 17.7 Å². The Balaban J connectivity index is 1.58. The van der Waals surface area contributed by atoms with E-state index in [1.165, 1.54) is 37.2 Å². The van der Waals surface area contributed by atoms with Gasteiger partial charge < -0.3 is 10.6 Å². The summed E-state index contributed by atoms with van der Waals surface area (Å²) in [5.74, 6) is 5.93. The Morgan fingerprint density at radius 1 is 1.25 bits per heavy atom. The van der Waals surface area contributed by atoms with Crippen LogP contribution in [0.3, 0.4) is 0 Å². The summed E-state index contributed by atoms with van der Waals surface area (Å²) in [6.45, 7) is 2.84. The van der Waals surface area contributed by atoms with E-state index >= 15 is 0 Å². The predicted octanol–water partition coefficient (Wildman–Crippen LogP) is 1.67. The first-order valence-corrected chi connectivity index (χ1v) is 8.94. The molecule has 2 saturated heterocycles. The van der Waals surface area contributed by atoms with Crippen molar-refractivity contribution in [2.24, 2.45) is 17.6 Å². The van der Waals surface area contributed by atoms with Gasteiger partial charge in [0, 0.05) is 19.5 Å². The molecule has 20 heavy (non-hydrogen) atoms. The van der Waals surface area contributed by atoms with Crippen molar-refractivity contribution in [2.45, 2.75) is 32.1 Å². The van der Waals surface area contributed by atoms with Gasteiger partial charge in [-0.1, -0.05) is 0 Å². The number of anilines is 1. The molecule has 1 atom stereocenters. The molecule has 0 spiro atoms. The predicted molar refractivity (Wildman–Crippen MR) is 84.1 cm³/mol. The van der Waals surface area contributed by atoms with Gasteiger partial charge in [0.2, 0.25) is 5.95 Å². The van der Waals surface area contributed by atoms with Gasteiger partial charge in [0.05, 0.1) is 0 Å². The third kappa shape index (κ3) is 3.47. The number of hydrogen-bond acceptors (Lipinski definition) is 5. The third-order valence-corrected chi connectivity index (χ3v) is 5.53. The molecule has 2 fully saturated rings. The van der Waals surface area contributed by atoms with Crippen LogP contribution in [0, 0.1) is 11.8 Å². The van der Waals surface area contributed by atoms with Crippen molar-refractivity contribution in [3.63, 3.8) is 0 Å². The number of rotatable bonds is 4. The minimum absolute atomic E-state index is 0.598. The summed E-state index contributed by atoms with van der Waals surface area (Å²) in [5, 5.41) is 7.56. The molecule has 3 rings (SSSR count). The lowest BCUT2D eigenvalue weighted by Gasteiger charge is -2.31. The maximum atomic E-state index is 5.80. The molecular formula is C14H25N5S. The molecule has 0 bridgehead atoms. The molecule has 3 heterocycles. The second-order valence-corrected chi connectivity index (χ2v) is 7.26. The largest absolute Gasteiger partial charge is 0.339 e. The van der Waals surface area contributed by atoms with Crippen molar-refractivity contribution in [3.8, 4) is 0 Å². The maximum absolute atomic E-state index is 5.80. The zero-order valence-corrected chi connectivity index (χ0v) is 12.9. The van der Waals surface area contributed by atoms with Crippen molar-refractivity contribution in [1.82, 2.24) is 15.2 Å². The first-order valence-electron chi connectivity index (χ1n) is 7.79. The van der Waals surface area contributed by atoms with E-state index in [4.69, 9.17) is 10.7 Å². The molecule has 0 aliphatic carbocycles. The zero-order chi connectivity index (χ0) is 13.8. The Kier molecular flexibility index (Phi) is 4.83. The van der Waals surface area contributed by atoms with E-state index in [0.29, 0.717) is 5.92 Å². The topological polar surface area (TPSA) is 70.8 Å². The normalized spacial score (nSPS) is 25.1. The first-order chi connectivity index (χ1) is 9.85. The molecule has 112 valence electrons. The summed E-state index contributed by atoms with van der Waals surface area (Å²) >= 11 is 2.07. The van der Waals surface area contributed by atoms with Crippen LogP contribution in [0.15, 0.2) is 0 Å². The molecule has 2 aliphatic heterocycles. The van der Waals surface area contributed by atoms with Gasteiger partial charge >= 0.3 is 0 Å². The number of nitrogens with two attached hydrogens (primary N) is 1. The van der Waals surface area contributed by atoms with Crippen molar-refractivity contribution in [1.29, 1.82) is 0 Å². The Hall–Kier alpha value is -0.750. The number of piperidine rings is 1. The summed E-state index contributed by atoms with van der Waals surface area (Å²) in [6.07, 6.45) is 6.14. The molecular weight excluding hydrogens is 270 g/mol. The number of thioether (sulfide) groups is 1. The molecule has 2 aliphatic rings. The highest BCUT2D eigenvalue weighted by Gasteiger charge is 2.22. The van der Waals surface area contributed by atoms with Crippen LogP contribution in [-0.2, 0) is 6.42 Å². The fourth-order valence-electron chi connectivity index (χ4n) is 3.18. The smallest absolute Gasteiger partial charge is 0.244 e. The Labute approximate surface area is 125 Å². The Morgan fingerprint density at radius 2 is 2.10 bits per heavy atom. The first kappa shape index (κ1) is 14.2. The van der Waals surface area contributed by atoms with Crippen molar-refractivity contribution in [3.05, 3.63) is 5.82 Å². The summed E-state index contributed by atoms with van der Waals surface area (Å²) < 4.78 is 0. The lowest BCUT2D eigenvalue weighted by Crippen LogP contribution is -2.39. The van der Waals surface area contributed by atoms with Crippen LogP contribution in [0.1, 0.15) is 31.5 Å². The van der Waals surface area contributed by atoms with E-state index in [9.17, 15) is 0 Å². The maximum Gasteiger partial charge on any atom is 0.244 e. The van der Waals surface area contributed by atoms with Gasteiger partial charge in [0.25, 0.3) is 0 Å². The molecule has 0 aromatic carbocycles. The minimum atomic E-state index is 0.598. The van der Waals surface area contributed by atoms with Crippen LogP contribution in [-0.4, -0.2) is 46.3 Å². The Morgan fingerprint density at radius 3 is 2.90 bits per heavy atom. The monoisotopic (exact) mass is 295 g/mol. The van der Waals surface area contributed by atoms with E-state index in [2.05, 4.69) is 26.9 Å². The molecule has 6 heteroatoms. The Bertz CT molecular complexity index is 415. The van der Waals surface area contributed by atoms with Crippen molar-refractivity contribution < 1.29 is 0 Å². The molecule has 3 N–H and O–H groups in total. The number of hydrogen-bond donors (Lipinski definition) is 2. The van der Waals surface area contributed by atoms with Gasteiger partial charge in [-0.3, -0.25) is 5.10 Å². The van der Waals surface area contributed by atoms with Gasteiger partial charge in [-0.25, -0.2) is 0 Å². The molecule has 5 nitrogen and oxygen atoms in total. The molecule has 1 aromatic heterocycles. The van der Waals surface area contributed by atoms with Gasteiger partial charge in [0.1, 0.15) is 5.82 Å². The van der Waals surface area contributed by atoms with E-state index in [0.717, 1.165) is 43.7 Å². The standard InChI is InChI=1S/C14H25N5S/c15-9-12-2-1-5-19(10-12)14-16-13(17-18-14)8-11-3-6-20-7-4-11/h11-12H,1-10,15H2,(H,16,17,18). The van der Waals surface area contributed by atoms with E-state index in [1.54, 1.807) is 0 Å². The summed E-state index contributed by atoms with van der Waals surface area (Å²) in [5.41, 5.74) is 5.80. The van der Waals surface area contributed by atoms with Crippen LogP contribution in [0.4, 0.5) is 5.95 Å². The quantitative estimate of drug-likeness (QED) is 0.884. The summed E-state index contributed by atoms with van der Waals surface area (Å²) in [6, 6.07) is 0. The molecule has 1 aromatic rings. The van der Waals surface area contributed by atoms with E-state index < -0.39 is 0 Å². The van der Waals surface area contributed by atoms with Crippen LogP contribution in [0.5, 0.6) is 0 Å². The van der Waals surface area contributed by atoms with E-state index in [1.807, 2.05) is 0 Å². The number of nitrogens with zero attached hydrogens (tertiary/aromatic N) is 3. The second kappa shape index (κ2) is 6.80. The fourth-order valence-corrected chi connectivity index (χ4v) is 4.39. The van der Waals surface area contributed by atoms with Gasteiger partial charge in [-0.2, -0.15) is 16.7 Å². The van der Waals surface area contributed by atoms with Crippen LogP contribution in [0.25, 0.3) is 0 Å². The van der Waals surface area contributed by atoms with Crippen LogP contribution >= 0.6 is 11.8 Å². The lowest BCUT2D eigenvalue weighted by atomic mass is 9.98. The van der Waals surface area contributed by atoms with Crippen molar-refractivity contribution in [2.75, 3.05) is 36.0 Å². The van der Waals surface area contributed by atoms with Crippen LogP contribution < -0.4 is 10.6 Å². The fraction of sp³-hybridized carbons (Fsp3) is 0.857. The van der Waals surface area contributed by atoms with Gasteiger partial charge in [0.15, 0.2) is 0 Å². The molecule has 0 radical (unpaired) electrons. The molecule has 0 amide bonds. The minimum Gasteiger partial charge on any atom is -0.339 e. The summed E-state index contributed by atoms with van der Waals surface area (Å²) in [7, 11) is 0. The third-order valence-electron chi connectivity index (χ3n) is 4.48. The summed E-state index contributed by atoms with van der Waals surface area (Å²) in [4.78, 5) is 7.00. The van der Waals surface area contributed by atoms with Crippen LogP contribution in [0.2, 0.25) is 0 Å². The highest BCUT2D eigenvalue weighted by molar-refractivity contribution is 7.99.